The van der Waals surface area contributed by atoms with Crippen LogP contribution in [0.5, 0.6) is 0 Å². The van der Waals surface area contributed by atoms with Gasteiger partial charge >= 0.3 is 0 Å². The van der Waals surface area contributed by atoms with Crippen molar-refractivity contribution in [3.63, 3.8) is 0 Å². The van der Waals surface area contributed by atoms with Crippen LogP contribution in [-0.4, -0.2) is 65.8 Å². The van der Waals surface area contributed by atoms with Gasteiger partial charge in [-0.15, -0.1) is 0 Å². The SMILES string of the molecule is OC[C@H]1O[C@@H](n2cnc3c(N[C@H]4C[C@@H]4c4ccccc4)ncnc32)[C@H](O)[C@@H]1O. The maximum absolute atomic E-state index is 10.3. The van der Waals surface area contributed by atoms with E-state index in [-0.39, 0.29) is 12.6 Å². The molecule has 2 aliphatic rings. The number of ether oxygens (including phenoxy) is 1. The first kappa shape index (κ1) is 17.5. The lowest BCUT2D eigenvalue weighted by Gasteiger charge is -2.16. The predicted molar refractivity (Wildman–Crippen MR) is 99.5 cm³/mol. The summed E-state index contributed by atoms with van der Waals surface area (Å²) in [6.07, 6.45) is -0.133. The number of fused-ring (bicyclic) bond motifs is 1. The summed E-state index contributed by atoms with van der Waals surface area (Å²) in [6.45, 7) is -0.383. The number of aliphatic hydroxyl groups excluding tert-OH is 3. The zero-order valence-electron chi connectivity index (χ0n) is 15.0. The monoisotopic (exact) mass is 383 g/mol. The minimum absolute atomic E-state index is 0.277. The molecule has 4 N–H and O–H groups in total. The summed E-state index contributed by atoms with van der Waals surface area (Å²) >= 11 is 0. The van der Waals surface area contributed by atoms with E-state index in [1.807, 2.05) is 18.2 Å². The van der Waals surface area contributed by atoms with Crippen LogP contribution in [0, 0.1) is 0 Å². The van der Waals surface area contributed by atoms with Gasteiger partial charge in [0.25, 0.3) is 0 Å². The van der Waals surface area contributed by atoms with Crippen molar-refractivity contribution in [1.82, 2.24) is 19.5 Å². The number of hydrogen-bond donors (Lipinski definition) is 4. The van der Waals surface area contributed by atoms with E-state index >= 15 is 0 Å². The molecule has 0 spiro atoms. The molecule has 1 aliphatic carbocycles. The summed E-state index contributed by atoms with van der Waals surface area (Å²) in [5.41, 5.74) is 2.35. The van der Waals surface area contributed by atoms with Gasteiger partial charge in [0.05, 0.1) is 12.9 Å². The van der Waals surface area contributed by atoms with Crippen molar-refractivity contribution < 1.29 is 20.1 Å². The van der Waals surface area contributed by atoms with E-state index in [0.29, 0.717) is 22.9 Å². The fourth-order valence-electron chi connectivity index (χ4n) is 3.85. The normalized spacial score (nSPS) is 32.0. The molecule has 0 radical (unpaired) electrons. The molecule has 1 aliphatic heterocycles. The molecule has 2 aromatic heterocycles. The van der Waals surface area contributed by atoms with Crippen molar-refractivity contribution in [2.24, 2.45) is 0 Å². The lowest BCUT2D eigenvalue weighted by atomic mass is 10.1. The second kappa shape index (κ2) is 6.78. The van der Waals surface area contributed by atoms with Crippen LogP contribution in [0.3, 0.4) is 0 Å². The molecule has 9 heteroatoms. The summed E-state index contributed by atoms with van der Waals surface area (Å²) in [5.74, 6) is 1.06. The van der Waals surface area contributed by atoms with Crippen LogP contribution < -0.4 is 5.32 Å². The number of aromatic nitrogens is 4. The van der Waals surface area contributed by atoms with E-state index < -0.39 is 24.5 Å². The van der Waals surface area contributed by atoms with Gasteiger partial charge in [-0.3, -0.25) is 4.57 Å². The van der Waals surface area contributed by atoms with E-state index in [1.165, 1.54) is 18.2 Å². The summed E-state index contributed by atoms with van der Waals surface area (Å²) in [4.78, 5) is 13.0. The minimum atomic E-state index is -1.19. The Morgan fingerprint density at radius 3 is 2.68 bits per heavy atom. The number of hydrogen-bond acceptors (Lipinski definition) is 8. The Bertz CT molecular complexity index is 981. The number of anilines is 1. The molecule has 9 nitrogen and oxygen atoms in total. The maximum Gasteiger partial charge on any atom is 0.167 e. The van der Waals surface area contributed by atoms with Gasteiger partial charge in [0.1, 0.15) is 24.6 Å². The molecular formula is C19H21N5O4. The Kier molecular flexibility index (Phi) is 4.24. The van der Waals surface area contributed by atoms with E-state index in [0.717, 1.165) is 6.42 Å². The molecule has 0 bridgehead atoms. The van der Waals surface area contributed by atoms with Crippen molar-refractivity contribution in [1.29, 1.82) is 0 Å². The maximum atomic E-state index is 10.3. The van der Waals surface area contributed by atoms with Crippen molar-refractivity contribution in [3.05, 3.63) is 48.5 Å². The summed E-state index contributed by atoms with van der Waals surface area (Å²) in [5, 5.41) is 33.0. The second-order valence-electron chi connectivity index (χ2n) is 7.28. The lowest BCUT2D eigenvalue weighted by molar-refractivity contribution is -0.0511. The van der Waals surface area contributed by atoms with Crippen LogP contribution >= 0.6 is 0 Å². The van der Waals surface area contributed by atoms with Gasteiger partial charge in [0.15, 0.2) is 23.2 Å². The van der Waals surface area contributed by atoms with Gasteiger partial charge in [0, 0.05) is 12.0 Å². The van der Waals surface area contributed by atoms with Crippen LogP contribution in [-0.2, 0) is 4.74 Å². The standard InChI is InChI=1S/C19H21N5O4/c25-7-13-15(26)16(27)19(28-13)24-9-22-14-17(20-8-21-18(14)24)23-12-6-11(12)10-4-2-1-3-5-10/h1-5,8-9,11-13,15-16,19,25-27H,6-7H2,(H,20,21,23)/t11-,12+,13-,15-,16-,19-/m1/s1. The molecule has 0 amide bonds. The summed E-state index contributed by atoms with van der Waals surface area (Å²) in [7, 11) is 0. The van der Waals surface area contributed by atoms with E-state index in [2.05, 4.69) is 32.4 Å². The van der Waals surface area contributed by atoms with Crippen molar-refractivity contribution >= 4 is 17.0 Å². The zero-order valence-corrected chi connectivity index (χ0v) is 15.0. The minimum Gasteiger partial charge on any atom is -0.394 e. The number of aliphatic hydroxyl groups is 3. The molecule has 6 atom stereocenters. The lowest BCUT2D eigenvalue weighted by Crippen LogP contribution is -2.33. The molecule has 5 rings (SSSR count). The van der Waals surface area contributed by atoms with E-state index in [4.69, 9.17) is 4.74 Å². The number of nitrogens with zero attached hydrogens (tertiary/aromatic N) is 4. The first-order chi connectivity index (χ1) is 13.7. The molecule has 1 saturated carbocycles. The van der Waals surface area contributed by atoms with Gasteiger partial charge in [-0.2, -0.15) is 0 Å². The first-order valence-corrected chi connectivity index (χ1v) is 9.29. The Morgan fingerprint density at radius 1 is 1.11 bits per heavy atom. The molecular weight excluding hydrogens is 362 g/mol. The third kappa shape index (κ3) is 2.83. The van der Waals surface area contributed by atoms with Crippen molar-refractivity contribution in [2.75, 3.05) is 11.9 Å². The largest absolute Gasteiger partial charge is 0.394 e. The molecule has 2 fully saturated rings. The second-order valence-corrected chi connectivity index (χ2v) is 7.28. The number of nitrogens with one attached hydrogen (secondary N) is 1. The number of benzene rings is 1. The third-order valence-electron chi connectivity index (χ3n) is 5.49. The fourth-order valence-corrected chi connectivity index (χ4v) is 3.85. The number of imidazole rings is 1. The third-order valence-corrected chi connectivity index (χ3v) is 5.49. The fraction of sp³-hybridized carbons (Fsp3) is 0.421. The van der Waals surface area contributed by atoms with Gasteiger partial charge < -0.3 is 25.4 Å². The van der Waals surface area contributed by atoms with Crippen LogP contribution in [0.15, 0.2) is 43.0 Å². The number of rotatable bonds is 5. The van der Waals surface area contributed by atoms with Gasteiger partial charge in [-0.1, -0.05) is 30.3 Å². The molecule has 28 heavy (non-hydrogen) atoms. The topological polar surface area (TPSA) is 126 Å². The van der Waals surface area contributed by atoms with Crippen LogP contribution in [0.2, 0.25) is 0 Å². The molecule has 0 unspecified atom stereocenters. The summed E-state index contributed by atoms with van der Waals surface area (Å²) < 4.78 is 7.15. The molecule has 3 aromatic rings. The van der Waals surface area contributed by atoms with E-state index in [9.17, 15) is 15.3 Å². The zero-order chi connectivity index (χ0) is 19.3. The highest BCUT2D eigenvalue weighted by molar-refractivity contribution is 5.83. The average molecular weight is 383 g/mol. The molecule has 3 heterocycles. The van der Waals surface area contributed by atoms with Crippen molar-refractivity contribution in [2.45, 2.75) is 42.9 Å². The first-order valence-electron chi connectivity index (χ1n) is 9.29. The predicted octanol–water partition coefficient (Wildman–Crippen LogP) is 0.406. The van der Waals surface area contributed by atoms with Crippen molar-refractivity contribution in [3.8, 4) is 0 Å². The Balaban J connectivity index is 1.39. The highest BCUT2D eigenvalue weighted by atomic mass is 16.6. The highest BCUT2D eigenvalue weighted by Gasteiger charge is 2.44. The van der Waals surface area contributed by atoms with Gasteiger partial charge in [-0.25, -0.2) is 15.0 Å². The Labute approximate surface area is 160 Å². The van der Waals surface area contributed by atoms with Crippen LogP contribution in [0.1, 0.15) is 24.1 Å². The Morgan fingerprint density at radius 2 is 1.93 bits per heavy atom. The molecule has 146 valence electrons. The molecule has 1 saturated heterocycles. The smallest absolute Gasteiger partial charge is 0.167 e. The van der Waals surface area contributed by atoms with Gasteiger partial charge in [-0.05, 0) is 12.0 Å². The van der Waals surface area contributed by atoms with Crippen LogP contribution in [0.4, 0.5) is 5.82 Å². The summed E-state index contributed by atoms with van der Waals surface area (Å²) in [6, 6.07) is 10.6. The molecule has 1 aromatic carbocycles. The van der Waals surface area contributed by atoms with Gasteiger partial charge in [0.2, 0.25) is 0 Å². The Hall–Kier alpha value is -2.59. The van der Waals surface area contributed by atoms with Crippen LogP contribution in [0.25, 0.3) is 11.2 Å². The quantitative estimate of drug-likeness (QED) is 0.499. The highest BCUT2D eigenvalue weighted by Crippen LogP contribution is 2.43. The average Bonchev–Trinajstić information content (AvgIpc) is 3.26. The van der Waals surface area contributed by atoms with E-state index in [1.54, 1.807) is 4.57 Å².